The molecule has 128 valence electrons. The lowest BCUT2D eigenvalue weighted by Gasteiger charge is -2.27. The predicted molar refractivity (Wildman–Crippen MR) is 94.6 cm³/mol. The molecule has 0 spiro atoms. The Kier molecular flexibility index (Phi) is 4.13. The van der Waals surface area contributed by atoms with Gasteiger partial charge < -0.3 is 9.64 Å². The first-order valence-electron chi connectivity index (χ1n) is 8.04. The predicted octanol–water partition coefficient (Wildman–Crippen LogP) is 4.17. The Hall–Kier alpha value is -2.47. The highest BCUT2D eigenvalue weighted by molar-refractivity contribution is 6.33. The Morgan fingerprint density at radius 3 is 2.96 bits per heavy atom. The minimum Gasteiger partial charge on any atom is -0.496 e. The van der Waals surface area contributed by atoms with Crippen LogP contribution in [0.25, 0.3) is 11.0 Å². The van der Waals surface area contributed by atoms with Crippen molar-refractivity contribution in [1.29, 1.82) is 0 Å². The fourth-order valence-electron chi connectivity index (χ4n) is 3.39. The molecule has 0 aliphatic carbocycles. The number of fused-ring (bicyclic) bond motifs is 1. The van der Waals surface area contributed by atoms with Crippen molar-refractivity contribution in [3.05, 3.63) is 53.2 Å². The molecule has 1 fully saturated rings. The van der Waals surface area contributed by atoms with Crippen molar-refractivity contribution >= 4 is 28.5 Å². The average molecular weight is 359 g/mol. The van der Waals surface area contributed by atoms with E-state index in [4.69, 9.17) is 16.3 Å². The van der Waals surface area contributed by atoms with Crippen LogP contribution in [0.2, 0.25) is 5.15 Å². The van der Waals surface area contributed by atoms with Crippen LogP contribution in [0.5, 0.6) is 5.75 Å². The number of hydrogen-bond donors (Lipinski definition) is 0. The Morgan fingerprint density at radius 1 is 1.24 bits per heavy atom. The maximum Gasteiger partial charge on any atom is 0.158 e. The quantitative estimate of drug-likeness (QED) is 0.658. The van der Waals surface area contributed by atoms with Crippen LogP contribution in [0.3, 0.4) is 0 Å². The summed E-state index contributed by atoms with van der Waals surface area (Å²) in [6.45, 7) is 0.828. The van der Waals surface area contributed by atoms with Gasteiger partial charge in [0.2, 0.25) is 0 Å². The molecule has 1 aliphatic heterocycles. The molecule has 2 aromatic heterocycles. The fraction of sp³-hybridized carbons (Fsp3) is 0.278. The number of ether oxygens (including phenoxy) is 1. The average Bonchev–Trinajstić information content (AvgIpc) is 3.11. The highest BCUT2D eigenvalue weighted by atomic mass is 35.5. The number of hydrogen-bond acceptors (Lipinski definition) is 5. The molecule has 3 aromatic rings. The highest BCUT2D eigenvalue weighted by Crippen LogP contribution is 2.40. The number of rotatable bonds is 3. The molecule has 25 heavy (non-hydrogen) atoms. The summed E-state index contributed by atoms with van der Waals surface area (Å²) in [6.07, 6.45) is 3.31. The molecule has 1 aliphatic rings. The maximum atomic E-state index is 13.8. The van der Waals surface area contributed by atoms with Gasteiger partial charge in [-0.25, -0.2) is 19.3 Å². The summed E-state index contributed by atoms with van der Waals surface area (Å²) in [6, 6.07) is 8.41. The van der Waals surface area contributed by atoms with E-state index in [0.29, 0.717) is 21.9 Å². The molecule has 1 atom stereocenters. The third-order valence-corrected chi connectivity index (χ3v) is 4.80. The molecule has 7 heteroatoms. The van der Waals surface area contributed by atoms with Crippen molar-refractivity contribution in [2.45, 2.75) is 18.9 Å². The van der Waals surface area contributed by atoms with Crippen molar-refractivity contribution in [2.75, 3.05) is 18.6 Å². The number of benzene rings is 1. The number of aromatic nitrogens is 3. The van der Waals surface area contributed by atoms with Crippen molar-refractivity contribution < 1.29 is 9.13 Å². The molecule has 1 aromatic carbocycles. The first-order valence-corrected chi connectivity index (χ1v) is 8.42. The SMILES string of the molecule is COc1ccc(F)cc1C1CCCN1c1ccc2ncnc(Cl)c2n1. The monoisotopic (exact) mass is 358 g/mol. The summed E-state index contributed by atoms with van der Waals surface area (Å²) in [5.41, 5.74) is 2.10. The molecule has 1 unspecified atom stereocenters. The number of nitrogens with zero attached hydrogens (tertiary/aromatic N) is 4. The lowest BCUT2D eigenvalue weighted by Crippen LogP contribution is -2.24. The summed E-state index contributed by atoms with van der Waals surface area (Å²) < 4.78 is 19.2. The molecule has 0 radical (unpaired) electrons. The minimum absolute atomic E-state index is 0.000920. The lowest BCUT2D eigenvalue weighted by atomic mass is 10.0. The fourth-order valence-corrected chi connectivity index (χ4v) is 3.57. The summed E-state index contributed by atoms with van der Waals surface area (Å²) >= 11 is 6.16. The van der Waals surface area contributed by atoms with Gasteiger partial charge in [-0.1, -0.05) is 11.6 Å². The van der Waals surface area contributed by atoms with Gasteiger partial charge in [0.05, 0.1) is 18.7 Å². The molecule has 0 saturated carbocycles. The second kappa shape index (κ2) is 6.44. The van der Waals surface area contributed by atoms with Gasteiger partial charge in [-0.2, -0.15) is 0 Å². The molecule has 5 nitrogen and oxygen atoms in total. The summed E-state index contributed by atoms with van der Waals surface area (Å²) in [5, 5.41) is 0.325. The van der Waals surface area contributed by atoms with Gasteiger partial charge in [-0.15, -0.1) is 0 Å². The van der Waals surface area contributed by atoms with Crippen molar-refractivity contribution in [3.63, 3.8) is 0 Å². The van der Waals surface area contributed by atoms with Crippen molar-refractivity contribution in [2.24, 2.45) is 0 Å². The van der Waals surface area contributed by atoms with Crippen LogP contribution in [0.4, 0.5) is 10.2 Å². The number of methoxy groups -OCH3 is 1. The first kappa shape index (κ1) is 16.0. The lowest BCUT2D eigenvalue weighted by molar-refractivity contribution is 0.404. The van der Waals surface area contributed by atoms with Crippen molar-refractivity contribution in [3.8, 4) is 5.75 Å². The van der Waals surface area contributed by atoms with E-state index in [9.17, 15) is 4.39 Å². The summed E-state index contributed by atoms with van der Waals surface area (Å²) in [5.74, 6) is 1.18. The van der Waals surface area contributed by atoms with Gasteiger partial charge in [-0.3, -0.25) is 0 Å². The maximum absolute atomic E-state index is 13.8. The molecular weight excluding hydrogens is 343 g/mol. The zero-order valence-electron chi connectivity index (χ0n) is 13.6. The van der Waals surface area contributed by atoms with E-state index >= 15 is 0 Å². The Morgan fingerprint density at radius 2 is 2.12 bits per heavy atom. The van der Waals surface area contributed by atoms with Crippen LogP contribution in [0, 0.1) is 5.82 Å². The van der Waals surface area contributed by atoms with Gasteiger partial charge in [0.15, 0.2) is 5.15 Å². The molecule has 4 rings (SSSR count). The van der Waals surface area contributed by atoms with Crippen LogP contribution in [-0.2, 0) is 0 Å². The molecule has 3 heterocycles. The van der Waals surface area contributed by atoms with Gasteiger partial charge in [0.1, 0.15) is 29.2 Å². The first-order chi connectivity index (χ1) is 12.2. The third-order valence-electron chi connectivity index (χ3n) is 4.52. The smallest absolute Gasteiger partial charge is 0.158 e. The van der Waals surface area contributed by atoms with E-state index in [1.165, 1.54) is 12.4 Å². The van der Waals surface area contributed by atoms with Crippen LogP contribution in [0.15, 0.2) is 36.7 Å². The number of halogens is 2. The second-order valence-electron chi connectivity index (χ2n) is 5.94. The van der Waals surface area contributed by atoms with E-state index < -0.39 is 0 Å². The summed E-state index contributed by atoms with van der Waals surface area (Å²) in [4.78, 5) is 15.0. The second-order valence-corrected chi connectivity index (χ2v) is 6.30. The molecule has 0 bridgehead atoms. The van der Waals surface area contributed by atoms with E-state index in [-0.39, 0.29) is 11.9 Å². The number of pyridine rings is 1. The zero-order chi connectivity index (χ0) is 17.4. The molecule has 0 amide bonds. The third kappa shape index (κ3) is 2.87. The van der Waals surface area contributed by atoms with E-state index in [1.807, 2.05) is 12.1 Å². The normalized spacial score (nSPS) is 17.2. The standard InChI is InChI=1S/C18H16ClFN4O/c1-25-15-6-4-11(20)9-12(15)14-3-2-8-24(14)16-7-5-13-17(23-16)18(19)22-10-21-13/h4-7,9-10,14H,2-3,8H2,1H3. The molecular formula is C18H16ClFN4O. The summed E-state index contributed by atoms with van der Waals surface area (Å²) in [7, 11) is 1.60. The van der Waals surface area contributed by atoms with Crippen molar-refractivity contribution in [1.82, 2.24) is 15.0 Å². The van der Waals surface area contributed by atoms with Crippen LogP contribution in [-0.4, -0.2) is 28.6 Å². The van der Waals surface area contributed by atoms with Gasteiger partial charge in [-0.05, 0) is 43.2 Å². The largest absolute Gasteiger partial charge is 0.496 e. The Bertz CT molecular complexity index is 936. The van der Waals surface area contributed by atoms with Gasteiger partial charge in [0, 0.05) is 12.1 Å². The number of anilines is 1. The zero-order valence-corrected chi connectivity index (χ0v) is 14.4. The minimum atomic E-state index is -0.273. The van der Waals surface area contributed by atoms with Gasteiger partial charge >= 0.3 is 0 Å². The van der Waals surface area contributed by atoms with Gasteiger partial charge in [0.25, 0.3) is 0 Å². The molecule has 1 saturated heterocycles. The highest BCUT2D eigenvalue weighted by Gasteiger charge is 2.30. The Balaban J connectivity index is 1.77. The van der Waals surface area contributed by atoms with Crippen LogP contribution < -0.4 is 9.64 Å². The van der Waals surface area contributed by atoms with Crippen LogP contribution >= 0.6 is 11.6 Å². The van der Waals surface area contributed by atoms with Crippen LogP contribution in [0.1, 0.15) is 24.4 Å². The topological polar surface area (TPSA) is 51.1 Å². The molecule has 0 N–H and O–H groups in total. The van der Waals surface area contributed by atoms with E-state index in [0.717, 1.165) is 30.8 Å². The Labute approximate surface area is 149 Å². The van der Waals surface area contributed by atoms with E-state index in [2.05, 4.69) is 19.9 Å². The van der Waals surface area contributed by atoms with E-state index in [1.54, 1.807) is 19.2 Å².